The van der Waals surface area contributed by atoms with Crippen LogP contribution in [-0.4, -0.2) is 24.2 Å². The van der Waals surface area contributed by atoms with Gasteiger partial charge in [-0.2, -0.15) is 0 Å². The smallest absolute Gasteiger partial charge is 0.310 e. The van der Waals surface area contributed by atoms with E-state index in [9.17, 15) is 9.59 Å². The lowest BCUT2D eigenvalue weighted by atomic mass is 10.0. The van der Waals surface area contributed by atoms with Crippen molar-refractivity contribution in [3.05, 3.63) is 33.8 Å². The van der Waals surface area contributed by atoms with Crippen LogP contribution in [0.5, 0.6) is 0 Å². The van der Waals surface area contributed by atoms with Gasteiger partial charge in [0.2, 0.25) is 0 Å². The monoisotopic (exact) mass is 332 g/mol. The molecule has 0 amide bonds. The predicted octanol–water partition coefficient (Wildman–Crippen LogP) is 3.37. The predicted molar refractivity (Wildman–Crippen MR) is 74.1 cm³/mol. The SMILES string of the molecule is CCOC(=O)Cc1cc(C(=O)CCCl)ccc1Br. The van der Waals surface area contributed by atoms with Gasteiger partial charge in [-0.25, -0.2) is 0 Å². The first-order chi connectivity index (χ1) is 8.58. The van der Waals surface area contributed by atoms with Gasteiger partial charge in [0, 0.05) is 22.3 Å². The Bertz CT molecular complexity index is 446. The molecule has 0 saturated heterocycles. The van der Waals surface area contributed by atoms with E-state index in [0.29, 0.717) is 24.5 Å². The lowest BCUT2D eigenvalue weighted by molar-refractivity contribution is -0.142. The highest BCUT2D eigenvalue weighted by molar-refractivity contribution is 9.10. The molecule has 0 spiro atoms. The van der Waals surface area contributed by atoms with Gasteiger partial charge in [0.05, 0.1) is 13.0 Å². The molecule has 0 aromatic heterocycles. The molecule has 0 atom stereocenters. The Morgan fingerprint density at radius 1 is 1.39 bits per heavy atom. The van der Waals surface area contributed by atoms with Crippen molar-refractivity contribution in [3.8, 4) is 0 Å². The summed E-state index contributed by atoms with van der Waals surface area (Å²) in [5, 5.41) is 0. The first-order valence-corrected chi connectivity index (χ1v) is 6.94. The highest BCUT2D eigenvalue weighted by Crippen LogP contribution is 2.20. The molecule has 98 valence electrons. The summed E-state index contributed by atoms with van der Waals surface area (Å²) in [5.41, 5.74) is 1.31. The molecule has 1 aromatic rings. The van der Waals surface area contributed by atoms with Crippen LogP contribution in [0.1, 0.15) is 29.3 Å². The fourth-order valence-electron chi connectivity index (χ4n) is 1.48. The van der Waals surface area contributed by atoms with E-state index in [1.165, 1.54) is 0 Å². The van der Waals surface area contributed by atoms with Crippen molar-refractivity contribution >= 4 is 39.3 Å². The molecular formula is C13H14BrClO3. The molecule has 0 N–H and O–H groups in total. The molecule has 0 saturated carbocycles. The molecule has 0 aliphatic rings. The summed E-state index contributed by atoms with van der Waals surface area (Å²) < 4.78 is 5.67. The van der Waals surface area contributed by atoms with Crippen molar-refractivity contribution in [2.75, 3.05) is 12.5 Å². The number of rotatable bonds is 6. The Hall–Kier alpha value is -0.870. The highest BCUT2D eigenvalue weighted by Gasteiger charge is 2.11. The highest BCUT2D eigenvalue weighted by atomic mass is 79.9. The number of Topliss-reactive ketones (excluding diaryl/α,β-unsaturated/α-hetero) is 1. The number of alkyl halides is 1. The zero-order chi connectivity index (χ0) is 13.5. The molecule has 1 aromatic carbocycles. The fourth-order valence-corrected chi connectivity index (χ4v) is 2.04. The van der Waals surface area contributed by atoms with Crippen molar-refractivity contribution in [3.63, 3.8) is 0 Å². The Kier molecular flexibility index (Phi) is 6.36. The van der Waals surface area contributed by atoms with E-state index in [4.69, 9.17) is 16.3 Å². The molecule has 0 aliphatic carbocycles. The number of carbonyl (C=O) groups is 2. The van der Waals surface area contributed by atoms with Gasteiger partial charge in [-0.05, 0) is 24.6 Å². The first-order valence-electron chi connectivity index (χ1n) is 5.61. The van der Waals surface area contributed by atoms with Gasteiger partial charge in [-0.15, -0.1) is 11.6 Å². The summed E-state index contributed by atoms with van der Waals surface area (Å²) in [4.78, 5) is 23.1. The van der Waals surface area contributed by atoms with E-state index in [-0.39, 0.29) is 18.2 Å². The number of ketones is 1. The molecule has 3 nitrogen and oxygen atoms in total. The second-order valence-electron chi connectivity index (χ2n) is 3.65. The maximum atomic E-state index is 11.7. The third-order valence-electron chi connectivity index (χ3n) is 2.33. The minimum absolute atomic E-state index is 0.0254. The Morgan fingerprint density at radius 2 is 2.11 bits per heavy atom. The van der Waals surface area contributed by atoms with E-state index < -0.39 is 0 Å². The van der Waals surface area contributed by atoms with Crippen molar-refractivity contribution < 1.29 is 14.3 Å². The second kappa shape index (κ2) is 7.54. The molecule has 0 unspecified atom stereocenters. The van der Waals surface area contributed by atoms with Crippen LogP contribution >= 0.6 is 27.5 Å². The number of benzene rings is 1. The summed E-state index contributed by atoms with van der Waals surface area (Å²) in [6.07, 6.45) is 0.443. The standard InChI is InChI=1S/C13H14BrClO3/c1-2-18-13(17)8-10-7-9(3-4-11(10)14)12(16)5-6-15/h3-4,7H,2,5-6,8H2,1H3. The molecule has 18 heavy (non-hydrogen) atoms. The van der Waals surface area contributed by atoms with Crippen LogP contribution in [0.15, 0.2) is 22.7 Å². The Labute approximate surface area is 120 Å². The second-order valence-corrected chi connectivity index (χ2v) is 4.88. The zero-order valence-corrected chi connectivity index (χ0v) is 12.4. The number of carbonyl (C=O) groups excluding carboxylic acids is 2. The van der Waals surface area contributed by atoms with Crippen LogP contribution in [0.25, 0.3) is 0 Å². The minimum atomic E-state index is -0.305. The van der Waals surface area contributed by atoms with Crippen LogP contribution in [0.3, 0.4) is 0 Å². The van der Waals surface area contributed by atoms with Crippen LogP contribution < -0.4 is 0 Å². The van der Waals surface area contributed by atoms with Gasteiger partial charge < -0.3 is 4.74 Å². The summed E-state index contributed by atoms with van der Waals surface area (Å²) in [6.45, 7) is 2.11. The molecule has 0 bridgehead atoms. The zero-order valence-electron chi connectivity index (χ0n) is 10.0. The molecular weight excluding hydrogens is 319 g/mol. The number of esters is 1. The molecule has 5 heteroatoms. The molecule has 0 heterocycles. The van der Waals surface area contributed by atoms with E-state index in [1.807, 2.05) is 0 Å². The molecule has 1 rings (SSSR count). The maximum Gasteiger partial charge on any atom is 0.310 e. The Morgan fingerprint density at radius 3 is 2.72 bits per heavy atom. The molecule has 0 fully saturated rings. The summed E-state index contributed by atoms with van der Waals surface area (Å²) >= 11 is 8.89. The van der Waals surface area contributed by atoms with Crippen molar-refractivity contribution in [2.24, 2.45) is 0 Å². The maximum absolute atomic E-state index is 11.7. The number of halogens is 2. The first kappa shape index (κ1) is 15.2. The van der Waals surface area contributed by atoms with E-state index in [2.05, 4.69) is 15.9 Å². The van der Waals surface area contributed by atoms with Crippen LogP contribution in [0.4, 0.5) is 0 Å². The minimum Gasteiger partial charge on any atom is -0.466 e. The van der Waals surface area contributed by atoms with Gasteiger partial charge in [0.15, 0.2) is 5.78 Å². The molecule has 0 aliphatic heterocycles. The topological polar surface area (TPSA) is 43.4 Å². The van der Waals surface area contributed by atoms with Crippen LogP contribution in [-0.2, 0) is 16.0 Å². The summed E-state index contributed by atoms with van der Waals surface area (Å²) in [7, 11) is 0. The quantitative estimate of drug-likeness (QED) is 0.455. The van der Waals surface area contributed by atoms with E-state index in [1.54, 1.807) is 25.1 Å². The lowest BCUT2D eigenvalue weighted by Gasteiger charge is -2.07. The van der Waals surface area contributed by atoms with Crippen molar-refractivity contribution in [2.45, 2.75) is 19.8 Å². The van der Waals surface area contributed by atoms with Crippen LogP contribution in [0, 0.1) is 0 Å². The Balaban J connectivity index is 2.87. The largest absolute Gasteiger partial charge is 0.466 e. The van der Waals surface area contributed by atoms with Crippen LogP contribution in [0.2, 0.25) is 0 Å². The average Bonchev–Trinajstić information content (AvgIpc) is 2.32. The molecule has 0 radical (unpaired) electrons. The van der Waals surface area contributed by atoms with Gasteiger partial charge in [-0.1, -0.05) is 22.0 Å². The lowest BCUT2D eigenvalue weighted by Crippen LogP contribution is -2.09. The number of hydrogen-bond acceptors (Lipinski definition) is 3. The van der Waals surface area contributed by atoms with Crippen molar-refractivity contribution in [1.82, 2.24) is 0 Å². The fraction of sp³-hybridized carbons (Fsp3) is 0.385. The van der Waals surface area contributed by atoms with Gasteiger partial charge >= 0.3 is 5.97 Å². The normalized spacial score (nSPS) is 10.2. The van der Waals surface area contributed by atoms with Gasteiger partial charge in [0.1, 0.15) is 0 Å². The van der Waals surface area contributed by atoms with Gasteiger partial charge in [0.25, 0.3) is 0 Å². The third kappa shape index (κ3) is 4.42. The number of hydrogen-bond donors (Lipinski definition) is 0. The average molecular weight is 334 g/mol. The van der Waals surface area contributed by atoms with E-state index in [0.717, 1.165) is 10.0 Å². The summed E-state index contributed by atoms with van der Waals surface area (Å²) in [5.74, 6) is -0.0370. The summed E-state index contributed by atoms with van der Waals surface area (Å²) in [6, 6.07) is 5.18. The van der Waals surface area contributed by atoms with E-state index >= 15 is 0 Å². The van der Waals surface area contributed by atoms with Crippen molar-refractivity contribution in [1.29, 1.82) is 0 Å². The number of ether oxygens (including phenoxy) is 1. The third-order valence-corrected chi connectivity index (χ3v) is 3.29. The van der Waals surface area contributed by atoms with Gasteiger partial charge in [-0.3, -0.25) is 9.59 Å².